The van der Waals surface area contributed by atoms with E-state index in [1.54, 1.807) is 7.11 Å². The molecule has 0 unspecified atom stereocenters. The van der Waals surface area contributed by atoms with Gasteiger partial charge in [0.15, 0.2) is 0 Å². The number of nitrogens with zero attached hydrogens (tertiary/aromatic N) is 2. The van der Waals surface area contributed by atoms with Gasteiger partial charge in [-0.15, -0.1) is 0 Å². The highest BCUT2D eigenvalue weighted by atomic mass is 16.5. The van der Waals surface area contributed by atoms with Crippen LogP contribution in [0.15, 0.2) is 54.6 Å². The number of β-lactam (4-membered cyclic amide) rings is 1. The van der Waals surface area contributed by atoms with Gasteiger partial charge in [0, 0.05) is 25.3 Å². The quantitative estimate of drug-likeness (QED) is 0.776. The van der Waals surface area contributed by atoms with Gasteiger partial charge >= 0.3 is 0 Å². The highest BCUT2D eigenvalue weighted by molar-refractivity contribution is 6.03. The van der Waals surface area contributed by atoms with Crippen LogP contribution >= 0.6 is 0 Å². The Bertz CT molecular complexity index is 742. The molecule has 2 saturated heterocycles. The van der Waals surface area contributed by atoms with E-state index in [1.807, 2.05) is 47.4 Å². The Labute approximate surface area is 154 Å². The number of hydrogen-bond donors (Lipinski definition) is 0. The third-order valence-corrected chi connectivity index (χ3v) is 5.26. The number of anilines is 1. The van der Waals surface area contributed by atoms with Gasteiger partial charge in [0.1, 0.15) is 5.75 Å². The summed E-state index contributed by atoms with van der Waals surface area (Å²) >= 11 is 0. The first kappa shape index (κ1) is 17.1. The maximum atomic E-state index is 13.0. The van der Waals surface area contributed by atoms with Crippen molar-refractivity contribution >= 4 is 11.6 Å². The molecule has 2 fully saturated rings. The van der Waals surface area contributed by atoms with Crippen LogP contribution in [0.4, 0.5) is 5.69 Å². The van der Waals surface area contributed by atoms with E-state index >= 15 is 0 Å². The number of hydrogen-bond acceptors (Lipinski definition) is 4. The molecular formula is C21H24N2O3. The van der Waals surface area contributed by atoms with E-state index in [9.17, 15) is 4.79 Å². The smallest absolute Gasteiger partial charge is 0.234 e. The van der Waals surface area contributed by atoms with Crippen LogP contribution in [0.2, 0.25) is 0 Å². The lowest BCUT2D eigenvalue weighted by atomic mass is 9.81. The Morgan fingerprint density at radius 3 is 2.38 bits per heavy atom. The molecule has 2 aromatic carbocycles. The Morgan fingerprint density at radius 1 is 1.04 bits per heavy atom. The molecular weight excluding hydrogens is 328 g/mol. The van der Waals surface area contributed by atoms with Crippen molar-refractivity contribution in [3.05, 3.63) is 60.2 Å². The number of para-hydroxylation sites is 1. The Kier molecular flexibility index (Phi) is 4.91. The summed E-state index contributed by atoms with van der Waals surface area (Å²) in [7, 11) is 1.67. The molecule has 4 rings (SSSR count). The predicted molar refractivity (Wildman–Crippen MR) is 100 cm³/mol. The van der Waals surface area contributed by atoms with Crippen molar-refractivity contribution in [2.24, 2.45) is 5.92 Å². The van der Waals surface area contributed by atoms with Crippen molar-refractivity contribution < 1.29 is 14.3 Å². The molecule has 0 spiro atoms. The second kappa shape index (κ2) is 7.48. The van der Waals surface area contributed by atoms with Crippen LogP contribution in [0.25, 0.3) is 0 Å². The number of carbonyl (C=O) groups excluding carboxylic acids is 1. The van der Waals surface area contributed by atoms with Crippen LogP contribution in [0, 0.1) is 5.92 Å². The molecule has 5 heteroatoms. The van der Waals surface area contributed by atoms with E-state index in [0.717, 1.165) is 49.8 Å². The number of methoxy groups -OCH3 is 1. The average molecular weight is 352 g/mol. The van der Waals surface area contributed by atoms with E-state index in [-0.39, 0.29) is 17.9 Å². The summed E-state index contributed by atoms with van der Waals surface area (Å²) in [5.41, 5.74) is 2.10. The second-order valence-electron chi connectivity index (χ2n) is 6.78. The summed E-state index contributed by atoms with van der Waals surface area (Å²) in [6, 6.07) is 18.0. The molecule has 2 aliphatic rings. The highest BCUT2D eigenvalue weighted by Crippen LogP contribution is 2.44. The van der Waals surface area contributed by atoms with Crippen molar-refractivity contribution in [3.8, 4) is 5.75 Å². The number of amides is 1. The molecule has 26 heavy (non-hydrogen) atoms. The van der Waals surface area contributed by atoms with Gasteiger partial charge in [0.25, 0.3) is 0 Å². The molecule has 0 bridgehead atoms. The van der Waals surface area contributed by atoms with Gasteiger partial charge < -0.3 is 14.4 Å². The summed E-state index contributed by atoms with van der Waals surface area (Å²) in [6.07, 6.45) is 0. The van der Waals surface area contributed by atoms with Gasteiger partial charge in [-0.2, -0.15) is 0 Å². The molecule has 2 atom stereocenters. The highest BCUT2D eigenvalue weighted by Gasteiger charge is 2.49. The Hall–Kier alpha value is -2.37. The minimum absolute atomic E-state index is 0.0262. The van der Waals surface area contributed by atoms with Crippen LogP contribution < -0.4 is 9.64 Å². The summed E-state index contributed by atoms with van der Waals surface area (Å²) in [6.45, 7) is 4.06. The lowest BCUT2D eigenvalue weighted by Gasteiger charge is -2.49. The fraction of sp³-hybridized carbons (Fsp3) is 0.381. The molecule has 1 amide bonds. The third-order valence-electron chi connectivity index (χ3n) is 5.26. The van der Waals surface area contributed by atoms with E-state index in [0.29, 0.717) is 0 Å². The number of carbonyl (C=O) groups is 1. The van der Waals surface area contributed by atoms with Crippen LogP contribution in [-0.2, 0) is 9.53 Å². The van der Waals surface area contributed by atoms with Crippen LogP contribution in [0.5, 0.6) is 5.75 Å². The molecule has 0 radical (unpaired) electrons. The van der Waals surface area contributed by atoms with Crippen molar-refractivity contribution in [2.75, 3.05) is 44.9 Å². The molecule has 2 aliphatic heterocycles. The van der Waals surface area contributed by atoms with Crippen LogP contribution in [0.3, 0.4) is 0 Å². The Morgan fingerprint density at radius 2 is 1.73 bits per heavy atom. The topological polar surface area (TPSA) is 42.0 Å². The summed E-state index contributed by atoms with van der Waals surface area (Å²) in [4.78, 5) is 17.2. The molecule has 5 nitrogen and oxygen atoms in total. The van der Waals surface area contributed by atoms with Gasteiger partial charge in [-0.25, -0.2) is 0 Å². The fourth-order valence-electron chi connectivity index (χ4n) is 3.85. The largest absolute Gasteiger partial charge is 0.497 e. The van der Waals surface area contributed by atoms with Crippen molar-refractivity contribution in [1.29, 1.82) is 0 Å². The lowest BCUT2D eigenvalue weighted by molar-refractivity contribution is -0.132. The van der Waals surface area contributed by atoms with E-state index in [4.69, 9.17) is 9.47 Å². The van der Waals surface area contributed by atoms with E-state index < -0.39 is 0 Å². The molecule has 136 valence electrons. The summed E-state index contributed by atoms with van der Waals surface area (Å²) < 4.78 is 10.7. The van der Waals surface area contributed by atoms with Crippen molar-refractivity contribution in [1.82, 2.24) is 4.90 Å². The first-order chi connectivity index (χ1) is 12.8. The average Bonchev–Trinajstić information content (AvgIpc) is 2.71. The van der Waals surface area contributed by atoms with Gasteiger partial charge in [-0.3, -0.25) is 9.69 Å². The fourth-order valence-corrected chi connectivity index (χ4v) is 3.85. The SMILES string of the molecule is COc1ccc([C@@H]2[C@H](CN3CCOCC3)C(=O)N2c2ccccc2)cc1. The number of ether oxygens (including phenoxy) is 2. The molecule has 0 aliphatic carbocycles. The zero-order chi connectivity index (χ0) is 17.9. The number of morpholine rings is 1. The van der Waals surface area contributed by atoms with Crippen molar-refractivity contribution in [2.45, 2.75) is 6.04 Å². The predicted octanol–water partition coefficient (Wildman–Crippen LogP) is 2.73. The summed E-state index contributed by atoms with van der Waals surface area (Å²) in [5, 5.41) is 0. The van der Waals surface area contributed by atoms with Gasteiger partial charge in [-0.1, -0.05) is 30.3 Å². The van der Waals surface area contributed by atoms with Gasteiger partial charge in [0.05, 0.1) is 32.3 Å². The van der Waals surface area contributed by atoms with Gasteiger partial charge in [-0.05, 0) is 29.8 Å². The van der Waals surface area contributed by atoms with Crippen molar-refractivity contribution in [3.63, 3.8) is 0 Å². The van der Waals surface area contributed by atoms with E-state index in [2.05, 4.69) is 17.0 Å². The zero-order valence-electron chi connectivity index (χ0n) is 15.0. The lowest BCUT2D eigenvalue weighted by Crippen LogP contribution is -2.59. The first-order valence-electron chi connectivity index (χ1n) is 9.10. The third kappa shape index (κ3) is 3.20. The zero-order valence-corrected chi connectivity index (χ0v) is 15.0. The number of benzene rings is 2. The second-order valence-corrected chi connectivity index (χ2v) is 6.78. The van der Waals surface area contributed by atoms with Crippen LogP contribution in [0.1, 0.15) is 11.6 Å². The Balaban J connectivity index is 1.61. The maximum absolute atomic E-state index is 13.0. The van der Waals surface area contributed by atoms with Crippen LogP contribution in [-0.4, -0.2) is 50.8 Å². The normalized spacial score (nSPS) is 23.6. The maximum Gasteiger partial charge on any atom is 0.234 e. The van der Waals surface area contributed by atoms with E-state index in [1.165, 1.54) is 0 Å². The molecule has 0 N–H and O–H groups in total. The minimum atomic E-state index is -0.0262. The van der Waals surface area contributed by atoms with Gasteiger partial charge in [0.2, 0.25) is 5.91 Å². The molecule has 2 aromatic rings. The molecule has 0 aromatic heterocycles. The number of rotatable bonds is 5. The monoisotopic (exact) mass is 352 g/mol. The summed E-state index contributed by atoms with van der Waals surface area (Å²) in [5.74, 6) is 1.00. The first-order valence-corrected chi connectivity index (χ1v) is 9.10. The standard InChI is InChI=1S/C21H24N2O3/c1-25-18-9-7-16(8-10-18)20-19(15-22-11-13-26-14-12-22)21(24)23(20)17-5-3-2-4-6-17/h2-10,19-20H,11-15H2,1H3/t19-,20+/m0/s1. The minimum Gasteiger partial charge on any atom is -0.497 e. The molecule has 0 saturated carbocycles. The molecule has 2 heterocycles.